The molecule has 0 bridgehead atoms. The minimum atomic E-state index is -0.200. The van der Waals surface area contributed by atoms with Crippen molar-refractivity contribution in [3.63, 3.8) is 0 Å². The van der Waals surface area contributed by atoms with Crippen LogP contribution in [-0.2, 0) is 4.79 Å². The molecular weight excluding hydrogens is 368 g/mol. The number of carbonyl (C=O) groups excluding carboxylic acids is 2. The van der Waals surface area contributed by atoms with Crippen molar-refractivity contribution in [3.05, 3.63) is 24.3 Å². The third-order valence-electron chi connectivity index (χ3n) is 4.94. The van der Waals surface area contributed by atoms with Crippen molar-refractivity contribution in [1.82, 2.24) is 15.5 Å². The molecule has 7 heteroatoms. The topological polar surface area (TPSA) is 73.9 Å². The minimum Gasteiger partial charge on any atom is -0.494 e. The quantitative estimate of drug-likeness (QED) is 0.525. The summed E-state index contributed by atoms with van der Waals surface area (Å²) in [5.41, 5.74) is 0.829. The van der Waals surface area contributed by atoms with Crippen molar-refractivity contribution >= 4 is 17.6 Å². The summed E-state index contributed by atoms with van der Waals surface area (Å²) in [4.78, 5) is 28.7. The van der Waals surface area contributed by atoms with Gasteiger partial charge in [-0.05, 0) is 70.1 Å². The molecule has 1 aromatic carbocycles. The van der Waals surface area contributed by atoms with Gasteiger partial charge in [0.1, 0.15) is 5.75 Å². The zero-order valence-electron chi connectivity index (χ0n) is 18.1. The third-order valence-corrected chi connectivity index (χ3v) is 4.94. The van der Waals surface area contributed by atoms with Crippen molar-refractivity contribution < 1.29 is 14.3 Å². The number of nitrogens with one attached hydrogen (secondary N) is 2. The molecule has 1 aromatic rings. The van der Waals surface area contributed by atoms with Crippen LogP contribution < -0.4 is 20.3 Å². The lowest BCUT2D eigenvalue weighted by Crippen LogP contribution is -2.44. The molecule has 0 unspecified atom stereocenters. The maximum atomic E-state index is 12.4. The molecule has 1 aliphatic rings. The molecule has 29 heavy (non-hydrogen) atoms. The van der Waals surface area contributed by atoms with E-state index >= 15 is 0 Å². The summed E-state index contributed by atoms with van der Waals surface area (Å²) >= 11 is 0. The first kappa shape index (κ1) is 23.0. The highest BCUT2D eigenvalue weighted by molar-refractivity contribution is 5.96. The highest BCUT2D eigenvalue weighted by Gasteiger charge is 2.31. The SMILES string of the molecule is CCCN(CCC)CCCNC(=O)N[C@@H]1CC(=O)N(c2ccc(OCC)cc2)C1. The molecule has 7 nitrogen and oxygen atoms in total. The summed E-state index contributed by atoms with van der Waals surface area (Å²) in [5.74, 6) is 0.808. The van der Waals surface area contributed by atoms with E-state index in [-0.39, 0.29) is 18.0 Å². The van der Waals surface area contributed by atoms with Gasteiger partial charge in [-0.15, -0.1) is 0 Å². The summed E-state index contributed by atoms with van der Waals surface area (Å²) in [7, 11) is 0. The number of hydrogen-bond acceptors (Lipinski definition) is 4. The van der Waals surface area contributed by atoms with Gasteiger partial charge >= 0.3 is 6.03 Å². The largest absolute Gasteiger partial charge is 0.494 e. The lowest BCUT2D eigenvalue weighted by atomic mass is 10.2. The van der Waals surface area contributed by atoms with Gasteiger partial charge in [0, 0.05) is 25.2 Å². The average Bonchev–Trinajstić information content (AvgIpc) is 3.06. The second-order valence-electron chi connectivity index (χ2n) is 7.43. The molecule has 0 spiro atoms. The van der Waals surface area contributed by atoms with Gasteiger partial charge in [0.2, 0.25) is 5.91 Å². The molecule has 1 aliphatic heterocycles. The number of carbonyl (C=O) groups is 2. The maximum Gasteiger partial charge on any atom is 0.315 e. The Bertz CT molecular complexity index is 629. The van der Waals surface area contributed by atoms with Crippen LogP contribution in [0, 0.1) is 0 Å². The highest BCUT2D eigenvalue weighted by atomic mass is 16.5. The Balaban J connectivity index is 1.72. The molecule has 1 atom stereocenters. The highest BCUT2D eigenvalue weighted by Crippen LogP contribution is 2.24. The molecular formula is C22H36N4O3. The van der Waals surface area contributed by atoms with Crippen molar-refractivity contribution in [1.29, 1.82) is 0 Å². The molecule has 0 radical (unpaired) electrons. The predicted molar refractivity (Wildman–Crippen MR) is 117 cm³/mol. The van der Waals surface area contributed by atoms with Crippen molar-refractivity contribution in [3.8, 4) is 5.75 Å². The number of rotatable bonds is 12. The van der Waals surface area contributed by atoms with E-state index in [1.165, 1.54) is 0 Å². The van der Waals surface area contributed by atoms with E-state index in [1.807, 2.05) is 31.2 Å². The van der Waals surface area contributed by atoms with Crippen LogP contribution in [0.3, 0.4) is 0 Å². The first-order valence-corrected chi connectivity index (χ1v) is 10.9. The summed E-state index contributed by atoms with van der Waals surface area (Å²) < 4.78 is 5.44. The Labute approximate surface area is 174 Å². The molecule has 0 aromatic heterocycles. The number of anilines is 1. The second-order valence-corrected chi connectivity index (χ2v) is 7.43. The van der Waals surface area contributed by atoms with Gasteiger partial charge in [-0.1, -0.05) is 13.8 Å². The van der Waals surface area contributed by atoms with Gasteiger partial charge in [0.15, 0.2) is 0 Å². The molecule has 2 N–H and O–H groups in total. The molecule has 162 valence electrons. The van der Waals surface area contributed by atoms with Crippen LogP contribution in [0.25, 0.3) is 0 Å². The average molecular weight is 405 g/mol. The Morgan fingerprint density at radius 1 is 1.14 bits per heavy atom. The second kappa shape index (κ2) is 12.3. The van der Waals surface area contributed by atoms with E-state index in [2.05, 4.69) is 29.4 Å². The first-order chi connectivity index (χ1) is 14.1. The zero-order valence-corrected chi connectivity index (χ0v) is 18.1. The molecule has 1 heterocycles. The molecule has 0 aliphatic carbocycles. The molecule has 0 saturated carbocycles. The number of urea groups is 1. The Morgan fingerprint density at radius 3 is 2.45 bits per heavy atom. The van der Waals surface area contributed by atoms with Gasteiger partial charge in [-0.2, -0.15) is 0 Å². The number of amides is 3. The van der Waals surface area contributed by atoms with E-state index in [0.29, 0.717) is 26.1 Å². The smallest absolute Gasteiger partial charge is 0.315 e. The summed E-state index contributed by atoms with van der Waals surface area (Å²) in [5, 5.41) is 5.85. The van der Waals surface area contributed by atoms with Crippen molar-refractivity contribution in [2.45, 2.75) is 52.5 Å². The Kier molecular flexibility index (Phi) is 9.77. The van der Waals surface area contributed by atoms with Crippen LogP contribution in [0.2, 0.25) is 0 Å². The molecule has 2 rings (SSSR count). The Morgan fingerprint density at radius 2 is 1.83 bits per heavy atom. The van der Waals surface area contributed by atoms with Gasteiger partial charge in [0.05, 0.1) is 12.6 Å². The fourth-order valence-corrected chi connectivity index (χ4v) is 3.65. The van der Waals surface area contributed by atoms with Crippen LogP contribution in [0.4, 0.5) is 10.5 Å². The fourth-order valence-electron chi connectivity index (χ4n) is 3.65. The number of nitrogens with zero attached hydrogens (tertiary/aromatic N) is 2. The monoisotopic (exact) mass is 404 g/mol. The zero-order chi connectivity index (χ0) is 21.1. The fraction of sp³-hybridized carbons (Fsp3) is 0.636. The molecule has 3 amide bonds. The van der Waals surface area contributed by atoms with Crippen LogP contribution in [0.15, 0.2) is 24.3 Å². The number of hydrogen-bond donors (Lipinski definition) is 2. The summed E-state index contributed by atoms with van der Waals surface area (Å²) in [6, 6.07) is 7.10. The first-order valence-electron chi connectivity index (χ1n) is 10.9. The minimum absolute atomic E-state index is 0.0224. The van der Waals surface area contributed by atoms with Crippen LogP contribution in [0.5, 0.6) is 5.75 Å². The number of benzene rings is 1. The van der Waals surface area contributed by atoms with Gasteiger partial charge in [-0.3, -0.25) is 4.79 Å². The van der Waals surface area contributed by atoms with Gasteiger partial charge in [-0.25, -0.2) is 4.79 Å². The van der Waals surface area contributed by atoms with E-state index in [4.69, 9.17) is 4.74 Å². The lowest BCUT2D eigenvalue weighted by molar-refractivity contribution is -0.117. The van der Waals surface area contributed by atoms with E-state index in [0.717, 1.165) is 50.3 Å². The van der Waals surface area contributed by atoms with E-state index in [9.17, 15) is 9.59 Å². The normalized spacial score (nSPS) is 16.3. The summed E-state index contributed by atoms with van der Waals surface area (Å²) in [6.07, 6.45) is 3.54. The van der Waals surface area contributed by atoms with E-state index in [1.54, 1.807) is 4.90 Å². The van der Waals surface area contributed by atoms with Crippen LogP contribution >= 0.6 is 0 Å². The van der Waals surface area contributed by atoms with Crippen LogP contribution in [-0.4, -0.2) is 62.2 Å². The maximum absolute atomic E-state index is 12.4. The van der Waals surface area contributed by atoms with Crippen molar-refractivity contribution in [2.24, 2.45) is 0 Å². The summed E-state index contributed by atoms with van der Waals surface area (Å²) in [6.45, 7) is 11.2. The lowest BCUT2D eigenvalue weighted by Gasteiger charge is -2.21. The Hall–Kier alpha value is -2.28. The van der Waals surface area contributed by atoms with Gasteiger partial charge in [0.25, 0.3) is 0 Å². The molecule has 1 fully saturated rings. The van der Waals surface area contributed by atoms with Crippen LogP contribution in [0.1, 0.15) is 46.5 Å². The number of ether oxygens (including phenoxy) is 1. The van der Waals surface area contributed by atoms with Gasteiger partial charge < -0.3 is 25.2 Å². The standard InChI is InChI=1S/C22H36N4O3/c1-4-13-25(14-5-2)15-7-12-23-22(28)24-18-16-21(27)26(17-18)19-8-10-20(11-9-19)29-6-3/h8-11,18H,4-7,12-17H2,1-3H3,(H2,23,24,28)/t18-/m1/s1. The van der Waals surface area contributed by atoms with Crippen molar-refractivity contribution in [2.75, 3.05) is 44.2 Å². The third kappa shape index (κ3) is 7.57. The molecule has 1 saturated heterocycles. The van der Waals surface area contributed by atoms with E-state index < -0.39 is 0 Å². The predicted octanol–water partition coefficient (Wildman–Crippen LogP) is 3.00.